The first-order valence-corrected chi connectivity index (χ1v) is 11.0. The maximum absolute atomic E-state index is 13.7. The number of ether oxygens (including phenoxy) is 2. The molecule has 0 fully saturated rings. The summed E-state index contributed by atoms with van der Waals surface area (Å²) in [7, 11) is 3.25. The molecule has 0 saturated carbocycles. The van der Waals surface area contributed by atoms with Crippen molar-refractivity contribution >= 4 is 29.1 Å². The lowest BCUT2D eigenvalue weighted by atomic mass is 10.1. The Morgan fingerprint density at radius 2 is 1.88 bits per heavy atom. The molecule has 0 saturated heterocycles. The topological polar surface area (TPSA) is 91.3 Å². The van der Waals surface area contributed by atoms with Crippen LogP contribution in [0.2, 0.25) is 0 Å². The number of fused-ring (bicyclic) bond motifs is 4. The number of phenols is 1. The molecule has 2 N–H and O–H groups in total. The van der Waals surface area contributed by atoms with Gasteiger partial charge in [0.1, 0.15) is 6.61 Å². The Bertz CT molecular complexity index is 1260. The van der Waals surface area contributed by atoms with E-state index in [1.165, 1.54) is 24.1 Å². The first-order valence-electron chi connectivity index (χ1n) is 11.0. The lowest BCUT2D eigenvalue weighted by Crippen LogP contribution is -2.44. The third kappa shape index (κ3) is 3.67. The summed E-state index contributed by atoms with van der Waals surface area (Å²) in [4.78, 5) is 30.1. The van der Waals surface area contributed by atoms with Crippen LogP contribution < -0.4 is 19.9 Å². The summed E-state index contributed by atoms with van der Waals surface area (Å²) in [6.07, 6.45) is 0.0305. The molecule has 0 radical (unpaired) electrons. The van der Waals surface area contributed by atoms with E-state index in [-0.39, 0.29) is 42.2 Å². The maximum atomic E-state index is 13.7. The largest absolute Gasteiger partial charge is 0.504 e. The molecule has 1 unspecified atom stereocenters. The number of anilines is 3. The minimum atomic E-state index is -0.589. The summed E-state index contributed by atoms with van der Waals surface area (Å²) < 4.78 is 10.9. The summed E-state index contributed by atoms with van der Waals surface area (Å²) >= 11 is 0. The molecule has 2 aliphatic rings. The molecule has 0 spiro atoms. The number of nitrogens with zero attached hydrogens (tertiary/aromatic N) is 2. The molecule has 3 aromatic carbocycles. The Kier molecular flexibility index (Phi) is 5.49. The van der Waals surface area contributed by atoms with Gasteiger partial charge in [-0.3, -0.25) is 9.69 Å². The maximum Gasteiger partial charge on any atom is 0.414 e. The summed E-state index contributed by atoms with van der Waals surface area (Å²) in [5, 5.41) is 13.5. The van der Waals surface area contributed by atoms with Gasteiger partial charge in [-0.15, -0.1) is 0 Å². The zero-order chi connectivity index (χ0) is 23.8. The average Bonchev–Trinajstić information content (AvgIpc) is 3.18. The molecule has 2 heterocycles. The fraction of sp³-hybridized carbons (Fsp3) is 0.231. The van der Waals surface area contributed by atoms with E-state index in [1.54, 1.807) is 4.90 Å². The second kappa shape index (κ2) is 8.62. The zero-order valence-corrected chi connectivity index (χ0v) is 18.9. The highest BCUT2D eigenvalue weighted by Crippen LogP contribution is 2.42. The van der Waals surface area contributed by atoms with E-state index in [0.29, 0.717) is 12.1 Å². The molecule has 0 aliphatic carbocycles. The van der Waals surface area contributed by atoms with Crippen LogP contribution in [0, 0.1) is 0 Å². The number of phenolic OH excluding ortho intramolecular Hbond substituents is 1. The number of hydrogen-bond acceptors (Lipinski definition) is 6. The molecule has 2 aliphatic heterocycles. The summed E-state index contributed by atoms with van der Waals surface area (Å²) in [6, 6.07) is 17.9. The van der Waals surface area contributed by atoms with Gasteiger partial charge < -0.3 is 24.8 Å². The lowest BCUT2D eigenvalue weighted by Gasteiger charge is -2.26. The van der Waals surface area contributed by atoms with Gasteiger partial charge in [-0.05, 0) is 41.8 Å². The number of methoxy groups -OCH3 is 1. The van der Waals surface area contributed by atoms with E-state index < -0.39 is 6.09 Å². The van der Waals surface area contributed by atoms with Crippen LogP contribution in [0.3, 0.4) is 0 Å². The molecule has 2 amide bonds. The van der Waals surface area contributed by atoms with Gasteiger partial charge in [0.05, 0.1) is 30.9 Å². The fourth-order valence-corrected chi connectivity index (χ4v) is 4.60. The van der Waals surface area contributed by atoms with Crippen molar-refractivity contribution in [3.05, 3.63) is 77.4 Å². The van der Waals surface area contributed by atoms with Crippen molar-refractivity contribution in [2.45, 2.75) is 19.1 Å². The van der Waals surface area contributed by atoms with Crippen molar-refractivity contribution < 1.29 is 24.2 Å². The first kappa shape index (κ1) is 21.6. The quantitative estimate of drug-likeness (QED) is 0.609. The van der Waals surface area contributed by atoms with Crippen molar-refractivity contribution in [1.82, 2.24) is 0 Å². The monoisotopic (exact) mass is 459 g/mol. The van der Waals surface area contributed by atoms with Crippen molar-refractivity contribution in [2.75, 3.05) is 35.8 Å². The predicted molar refractivity (Wildman–Crippen MR) is 129 cm³/mol. The summed E-state index contributed by atoms with van der Waals surface area (Å²) in [6.45, 7) is 0.316. The molecular weight excluding hydrogens is 434 g/mol. The summed E-state index contributed by atoms with van der Waals surface area (Å²) in [5.74, 6) is -0.242. The fourth-order valence-electron chi connectivity index (χ4n) is 4.60. The number of amides is 2. The van der Waals surface area contributed by atoms with Crippen molar-refractivity contribution in [3.63, 3.8) is 0 Å². The zero-order valence-electron chi connectivity index (χ0n) is 18.9. The van der Waals surface area contributed by atoms with Crippen LogP contribution in [0.1, 0.15) is 21.5 Å². The second-order valence-electron chi connectivity index (χ2n) is 8.32. The molecule has 8 nitrogen and oxygen atoms in total. The third-order valence-electron chi connectivity index (χ3n) is 6.33. The number of carbonyl (C=O) groups excluding carboxylic acids is 2. The van der Waals surface area contributed by atoms with Gasteiger partial charge >= 0.3 is 6.09 Å². The van der Waals surface area contributed by atoms with Crippen LogP contribution in [-0.2, 0) is 17.8 Å². The van der Waals surface area contributed by atoms with Gasteiger partial charge in [-0.1, -0.05) is 30.3 Å². The number of benzene rings is 3. The van der Waals surface area contributed by atoms with Crippen LogP contribution in [0.25, 0.3) is 0 Å². The van der Waals surface area contributed by atoms with Crippen LogP contribution in [-0.4, -0.2) is 43.9 Å². The molecule has 3 aromatic rings. The first-order chi connectivity index (χ1) is 16.5. The van der Waals surface area contributed by atoms with E-state index >= 15 is 0 Å². The number of hydrogen-bond donors (Lipinski definition) is 2. The van der Waals surface area contributed by atoms with Crippen molar-refractivity contribution in [2.24, 2.45) is 0 Å². The van der Waals surface area contributed by atoms with E-state index in [2.05, 4.69) is 5.32 Å². The van der Waals surface area contributed by atoms with Crippen LogP contribution in [0.4, 0.5) is 21.9 Å². The van der Waals surface area contributed by atoms with Gasteiger partial charge in [0.15, 0.2) is 11.5 Å². The van der Waals surface area contributed by atoms with Crippen LogP contribution in [0.15, 0.2) is 60.7 Å². The minimum Gasteiger partial charge on any atom is -0.504 e. The summed E-state index contributed by atoms with van der Waals surface area (Å²) in [5.41, 5.74) is 4.24. The molecule has 174 valence electrons. The molecular formula is C26H25N3O5. The van der Waals surface area contributed by atoms with Gasteiger partial charge in [0, 0.05) is 24.5 Å². The lowest BCUT2D eigenvalue weighted by molar-refractivity contribution is 0.0983. The van der Waals surface area contributed by atoms with Gasteiger partial charge in [-0.25, -0.2) is 4.79 Å². The Balaban J connectivity index is 1.50. The predicted octanol–water partition coefficient (Wildman–Crippen LogP) is 4.17. The number of carbonyl (C=O) groups is 2. The van der Waals surface area contributed by atoms with Crippen molar-refractivity contribution in [1.29, 1.82) is 0 Å². The third-order valence-corrected chi connectivity index (χ3v) is 6.33. The van der Waals surface area contributed by atoms with Gasteiger partial charge in [-0.2, -0.15) is 0 Å². The highest BCUT2D eigenvalue weighted by atomic mass is 16.6. The van der Waals surface area contributed by atoms with Gasteiger partial charge in [0.25, 0.3) is 5.91 Å². The second-order valence-corrected chi connectivity index (χ2v) is 8.32. The minimum absolute atomic E-state index is 0.0827. The Morgan fingerprint density at radius 1 is 1.12 bits per heavy atom. The highest BCUT2D eigenvalue weighted by molar-refractivity contribution is 6.14. The normalized spacial score (nSPS) is 16.3. The number of para-hydroxylation sites is 1. The molecule has 0 aromatic heterocycles. The SMILES string of the molecule is CNc1ccc(COC(=O)N2CC3Cc4ccccc4N3C(=O)c3cc(OC)c(O)cc32)cc1. The Morgan fingerprint density at radius 3 is 2.62 bits per heavy atom. The average molecular weight is 460 g/mol. The van der Waals surface area contributed by atoms with E-state index in [0.717, 1.165) is 22.5 Å². The van der Waals surface area contributed by atoms with E-state index in [9.17, 15) is 14.7 Å². The standard InChI is InChI=1S/C26H25N3O5/c1-27-18-9-7-16(8-10-18)15-34-26(32)28-14-19-11-17-5-3-4-6-21(17)29(19)25(31)20-12-24(33-2)23(30)13-22(20)28/h3-10,12-13,19,27,30H,11,14-15H2,1-2H3. The van der Waals surface area contributed by atoms with Crippen LogP contribution >= 0.6 is 0 Å². The van der Waals surface area contributed by atoms with E-state index in [4.69, 9.17) is 9.47 Å². The molecule has 8 heteroatoms. The van der Waals surface area contributed by atoms with Crippen LogP contribution in [0.5, 0.6) is 11.5 Å². The number of nitrogens with one attached hydrogen (secondary N) is 1. The molecule has 1 atom stereocenters. The molecule has 34 heavy (non-hydrogen) atoms. The Labute approximate surface area is 197 Å². The molecule has 5 rings (SSSR count). The molecule has 0 bridgehead atoms. The van der Waals surface area contributed by atoms with Gasteiger partial charge in [0.2, 0.25) is 0 Å². The number of rotatable bonds is 4. The Hall–Kier alpha value is -4.20. The van der Waals surface area contributed by atoms with E-state index in [1.807, 2.05) is 55.6 Å². The number of aromatic hydroxyl groups is 1. The highest BCUT2D eigenvalue weighted by Gasteiger charge is 2.42. The van der Waals surface area contributed by atoms with Crippen molar-refractivity contribution in [3.8, 4) is 11.5 Å². The smallest absolute Gasteiger partial charge is 0.414 e.